The minimum absolute atomic E-state index is 0.0858. The molecule has 2 nitrogen and oxygen atoms in total. The Hall–Kier alpha value is -1.58. The van der Waals surface area contributed by atoms with Crippen molar-refractivity contribution >= 4 is 11.6 Å². The summed E-state index contributed by atoms with van der Waals surface area (Å²) >= 11 is 5.92. The molecule has 0 radical (unpaired) electrons. The van der Waals surface area contributed by atoms with E-state index < -0.39 is 0 Å². The minimum Gasteiger partial charge on any atom is -0.488 e. The van der Waals surface area contributed by atoms with Crippen molar-refractivity contribution in [2.75, 3.05) is 0 Å². The van der Waals surface area contributed by atoms with E-state index in [-0.39, 0.29) is 12.4 Å². The quantitative estimate of drug-likeness (QED) is 0.918. The molecule has 0 bridgehead atoms. The lowest BCUT2D eigenvalue weighted by molar-refractivity contribution is 0.297. The molecule has 0 heterocycles. The second kappa shape index (κ2) is 5.85. The highest BCUT2D eigenvalue weighted by Gasteiger charge is 2.08. The molecule has 0 amide bonds. The van der Waals surface area contributed by atoms with Gasteiger partial charge in [0.05, 0.1) is 5.02 Å². The molecule has 0 unspecified atom stereocenters. The van der Waals surface area contributed by atoms with Crippen LogP contribution in [0.25, 0.3) is 0 Å². The Labute approximate surface area is 110 Å². The van der Waals surface area contributed by atoms with Crippen molar-refractivity contribution in [3.63, 3.8) is 0 Å². The summed E-state index contributed by atoms with van der Waals surface area (Å²) in [6.07, 6.45) is 0. The standard InChI is InChI=1S/C14H13ClFNO/c15-12-5-3-6-13(16)11(12)9-18-14-7-2-1-4-10(14)8-17/h1-7H,8-9,17H2. The zero-order chi connectivity index (χ0) is 13.0. The topological polar surface area (TPSA) is 35.2 Å². The highest BCUT2D eigenvalue weighted by molar-refractivity contribution is 6.31. The second-order valence-electron chi connectivity index (χ2n) is 3.80. The number of hydrogen-bond acceptors (Lipinski definition) is 2. The lowest BCUT2D eigenvalue weighted by Gasteiger charge is -2.11. The van der Waals surface area contributed by atoms with Crippen molar-refractivity contribution in [1.29, 1.82) is 0 Å². The Morgan fingerprint density at radius 2 is 1.89 bits per heavy atom. The first-order valence-corrected chi connectivity index (χ1v) is 5.94. The summed E-state index contributed by atoms with van der Waals surface area (Å²) in [5, 5.41) is 0.361. The number of hydrogen-bond donors (Lipinski definition) is 1. The van der Waals surface area contributed by atoms with E-state index >= 15 is 0 Å². The lowest BCUT2D eigenvalue weighted by Crippen LogP contribution is -2.04. The average molecular weight is 266 g/mol. The van der Waals surface area contributed by atoms with Gasteiger partial charge in [-0.2, -0.15) is 0 Å². The fraction of sp³-hybridized carbons (Fsp3) is 0.143. The van der Waals surface area contributed by atoms with Crippen LogP contribution in [0.5, 0.6) is 5.75 Å². The van der Waals surface area contributed by atoms with Crippen molar-refractivity contribution in [2.45, 2.75) is 13.2 Å². The molecule has 2 aromatic carbocycles. The van der Waals surface area contributed by atoms with E-state index in [9.17, 15) is 4.39 Å². The molecule has 2 N–H and O–H groups in total. The maximum absolute atomic E-state index is 13.5. The van der Waals surface area contributed by atoms with Crippen LogP contribution in [0.15, 0.2) is 42.5 Å². The normalized spacial score (nSPS) is 10.4. The first-order chi connectivity index (χ1) is 8.72. The molecule has 0 fully saturated rings. The molecule has 2 aromatic rings. The van der Waals surface area contributed by atoms with Gasteiger partial charge in [0.25, 0.3) is 0 Å². The van der Waals surface area contributed by atoms with Crippen LogP contribution in [-0.4, -0.2) is 0 Å². The zero-order valence-corrected chi connectivity index (χ0v) is 10.5. The molecule has 0 atom stereocenters. The molecular formula is C14H13ClFNO. The van der Waals surface area contributed by atoms with Gasteiger partial charge in [-0.05, 0) is 18.2 Å². The Morgan fingerprint density at radius 1 is 1.11 bits per heavy atom. The highest BCUT2D eigenvalue weighted by Crippen LogP contribution is 2.23. The van der Waals surface area contributed by atoms with Crippen LogP contribution in [0.1, 0.15) is 11.1 Å². The fourth-order valence-electron chi connectivity index (χ4n) is 1.63. The average Bonchev–Trinajstić information content (AvgIpc) is 2.38. The van der Waals surface area contributed by atoms with E-state index in [0.29, 0.717) is 22.9 Å². The Kier molecular flexibility index (Phi) is 4.18. The van der Waals surface area contributed by atoms with E-state index in [2.05, 4.69) is 0 Å². The Morgan fingerprint density at radius 3 is 2.61 bits per heavy atom. The van der Waals surface area contributed by atoms with Crippen LogP contribution >= 0.6 is 11.6 Å². The third kappa shape index (κ3) is 2.81. The molecule has 0 aliphatic heterocycles. The SMILES string of the molecule is NCc1ccccc1OCc1c(F)cccc1Cl. The van der Waals surface area contributed by atoms with Crippen LogP contribution < -0.4 is 10.5 Å². The van der Waals surface area contributed by atoms with Crippen molar-refractivity contribution < 1.29 is 9.13 Å². The molecular weight excluding hydrogens is 253 g/mol. The van der Waals surface area contributed by atoms with E-state index in [1.54, 1.807) is 18.2 Å². The lowest BCUT2D eigenvalue weighted by atomic mass is 10.2. The van der Waals surface area contributed by atoms with Gasteiger partial charge >= 0.3 is 0 Å². The number of nitrogens with two attached hydrogens (primary N) is 1. The molecule has 4 heteroatoms. The van der Waals surface area contributed by atoms with Gasteiger partial charge in [-0.25, -0.2) is 4.39 Å². The molecule has 0 spiro atoms. The van der Waals surface area contributed by atoms with Gasteiger partial charge < -0.3 is 10.5 Å². The Bertz CT molecular complexity index is 525. The molecule has 2 rings (SSSR count). The van der Waals surface area contributed by atoms with Crippen molar-refractivity contribution in [3.8, 4) is 5.75 Å². The fourth-order valence-corrected chi connectivity index (χ4v) is 1.85. The second-order valence-corrected chi connectivity index (χ2v) is 4.21. The van der Waals surface area contributed by atoms with Crippen LogP contribution in [0.4, 0.5) is 4.39 Å². The zero-order valence-electron chi connectivity index (χ0n) is 9.70. The molecule has 0 saturated heterocycles. The molecule has 0 saturated carbocycles. The van der Waals surface area contributed by atoms with Crippen LogP contribution in [0, 0.1) is 5.82 Å². The molecule has 94 valence electrons. The van der Waals surface area contributed by atoms with E-state index in [0.717, 1.165) is 5.56 Å². The molecule has 0 aromatic heterocycles. The van der Waals surface area contributed by atoms with E-state index in [1.807, 2.05) is 18.2 Å². The summed E-state index contributed by atoms with van der Waals surface area (Å²) in [5.41, 5.74) is 6.83. The van der Waals surface area contributed by atoms with Gasteiger partial charge in [-0.15, -0.1) is 0 Å². The summed E-state index contributed by atoms with van der Waals surface area (Å²) in [5.74, 6) is 0.284. The van der Waals surface area contributed by atoms with Crippen LogP contribution in [0.2, 0.25) is 5.02 Å². The number of halogens is 2. The molecule has 0 aliphatic carbocycles. The van der Waals surface area contributed by atoms with Gasteiger partial charge in [0.2, 0.25) is 0 Å². The van der Waals surface area contributed by atoms with Gasteiger partial charge in [0, 0.05) is 17.7 Å². The predicted octanol–water partition coefficient (Wildman–Crippen LogP) is 3.52. The summed E-state index contributed by atoms with van der Waals surface area (Å²) in [7, 11) is 0. The summed E-state index contributed by atoms with van der Waals surface area (Å²) in [6, 6.07) is 12.0. The minimum atomic E-state index is -0.368. The number of benzene rings is 2. The van der Waals surface area contributed by atoms with Gasteiger partial charge in [0.1, 0.15) is 18.2 Å². The first-order valence-electron chi connectivity index (χ1n) is 5.56. The monoisotopic (exact) mass is 265 g/mol. The Balaban J connectivity index is 2.16. The van der Waals surface area contributed by atoms with Crippen molar-refractivity contribution in [1.82, 2.24) is 0 Å². The predicted molar refractivity (Wildman–Crippen MR) is 70.1 cm³/mol. The third-order valence-corrected chi connectivity index (χ3v) is 2.98. The summed E-state index contributed by atoms with van der Waals surface area (Å²) < 4.78 is 19.1. The highest BCUT2D eigenvalue weighted by atomic mass is 35.5. The smallest absolute Gasteiger partial charge is 0.131 e. The van der Waals surface area contributed by atoms with Crippen molar-refractivity contribution in [3.05, 3.63) is 64.4 Å². The first kappa shape index (κ1) is 12.9. The molecule has 0 aliphatic rings. The van der Waals surface area contributed by atoms with E-state index in [4.69, 9.17) is 22.1 Å². The van der Waals surface area contributed by atoms with E-state index in [1.165, 1.54) is 6.07 Å². The van der Waals surface area contributed by atoms with Crippen LogP contribution in [-0.2, 0) is 13.2 Å². The summed E-state index contributed by atoms with van der Waals surface area (Å²) in [4.78, 5) is 0. The van der Waals surface area contributed by atoms with Crippen molar-refractivity contribution in [2.24, 2.45) is 5.73 Å². The third-order valence-electron chi connectivity index (χ3n) is 2.63. The maximum atomic E-state index is 13.5. The number of para-hydroxylation sites is 1. The largest absolute Gasteiger partial charge is 0.488 e. The maximum Gasteiger partial charge on any atom is 0.131 e. The van der Waals surface area contributed by atoms with Gasteiger partial charge in [0.15, 0.2) is 0 Å². The number of ether oxygens (including phenoxy) is 1. The number of rotatable bonds is 4. The summed E-state index contributed by atoms with van der Waals surface area (Å²) in [6.45, 7) is 0.462. The van der Waals surface area contributed by atoms with Gasteiger partial charge in [-0.3, -0.25) is 0 Å². The molecule has 18 heavy (non-hydrogen) atoms. The van der Waals surface area contributed by atoms with Gasteiger partial charge in [-0.1, -0.05) is 35.9 Å². The van der Waals surface area contributed by atoms with Crippen LogP contribution in [0.3, 0.4) is 0 Å².